The van der Waals surface area contributed by atoms with Gasteiger partial charge in [0.2, 0.25) is 0 Å². The Kier molecular flexibility index (Phi) is 43.1. The maximum atomic E-state index is 12.8. The third-order valence-corrected chi connectivity index (χ3v) is 11.4. The summed E-state index contributed by atoms with van der Waals surface area (Å²) in [4.78, 5) is 27.5. The van der Waals surface area contributed by atoms with Crippen molar-refractivity contribution in [3.8, 4) is 0 Å². The van der Waals surface area contributed by atoms with E-state index in [0.717, 1.165) is 110 Å². The molecule has 0 bridgehead atoms. The van der Waals surface area contributed by atoms with Crippen LogP contribution in [0, 0.1) is 0 Å². The topological polar surface area (TPSA) is 76.1 Å². The first kappa shape index (κ1) is 53.9. The molecule has 6 nitrogen and oxygen atoms in total. The number of carbonyl (C=O) groups is 2. The molecule has 1 N–H and O–H groups in total. The van der Waals surface area contributed by atoms with Gasteiger partial charge >= 0.3 is 11.9 Å². The second-order valence-electron chi connectivity index (χ2n) is 17.1. The summed E-state index contributed by atoms with van der Waals surface area (Å²) >= 11 is 0. The van der Waals surface area contributed by atoms with Crippen LogP contribution in [0.15, 0.2) is 0 Å². The maximum absolute atomic E-state index is 12.8. The van der Waals surface area contributed by atoms with Crippen molar-refractivity contribution in [2.75, 3.05) is 26.2 Å². The summed E-state index contributed by atoms with van der Waals surface area (Å²) in [5.74, 6) is -0.0329. The van der Waals surface area contributed by atoms with Gasteiger partial charge in [-0.25, -0.2) is 0 Å². The first-order chi connectivity index (χ1) is 27.0. The molecule has 0 rings (SSSR count). The predicted octanol–water partition coefficient (Wildman–Crippen LogP) is 14.6. The molecule has 0 fully saturated rings. The lowest BCUT2D eigenvalue weighted by Crippen LogP contribution is -2.34. The molecule has 0 radical (unpaired) electrons. The van der Waals surface area contributed by atoms with Gasteiger partial charge in [0.15, 0.2) is 0 Å². The number of aliphatic hydroxyl groups excluding tert-OH is 1. The minimum absolute atomic E-state index is 0.0114. The van der Waals surface area contributed by atoms with Gasteiger partial charge in [0.05, 0.1) is 12.7 Å². The van der Waals surface area contributed by atoms with Crippen LogP contribution in [-0.2, 0) is 19.1 Å². The molecule has 0 aromatic carbocycles. The molecule has 0 saturated carbocycles. The number of rotatable bonds is 45. The highest BCUT2D eigenvalue weighted by Crippen LogP contribution is 2.19. The fourth-order valence-corrected chi connectivity index (χ4v) is 7.71. The lowest BCUT2D eigenvalue weighted by atomic mass is 10.0. The zero-order chi connectivity index (χ0) is 40.3. The monoisotopic (exact) mass is 780 g/mol. The molecule has 0 amide bonds. The van der Waals surface area contributed by atoms with Gasteiger partial charge in [0, 0.05) is 19.4 Å². The molecule has 55 heavy (non-hydrogen) atoms. The Morgan fingerprint density at radius 2 is 0.800 bits per heavy atom. The second kappa shape index (κ2) is 44.0. The molecule has 0 heterocycles. The Labute approximate surface area is 343 Å². The first-order valence-electron chi connectivity index (χ1n) is 24.7. The van der Waals surface area contributed by atoms with Gasteiger partial charge in [0.25, 0.3) is 0 Å². The molecule has 6 heteroatoms. The number of hydrogen-bond donors (Lipinski definition) is 1. The van der Waals surface area contributed by atoms with Crippen molar-refractivity contribution in [3.63, 3.8) is 0 Å². The van der Waals surface area contributed by atoms with Gasteiger partial charge in [-0.3, -0.25) is 9.59 Å². The van der Waals surface area contributed by atoms with E-state index in [0.29, 0.717) is 19.4 Å². The van der Waals surface area contributed by atoms with Crippen molar-refractivity contribution in [2.24, 2.45) is 0 Å². The van der Waals surface area contributed by atoms with E-state index in [4.69, 9.17) is 9.47 Å². The molecule has 1 atom stereocenters. The average molecular weight is 780 g/mol. The Balaban J connectivity index is 4.33. The number of hydrogen-bond acceptors (Lipinski definition) is 6. The molecule has 0 spiro atoms. The number of esters is 2. The predicted molar refractivity (Wildman–Crippen MR) is 237 cm³/mol. The standard InChI is InChI=1S/C49H97NO5/c1-5-9-13-16-19-20-21-27-36-44-54-48(52)40-33-28-35-43-50(45-46(51)37-29-12-8-4)42-34-26-22-25-32-41-49(53)55-47(38-30-23-17-14-10-6-2)39-31-24-18-15-11-7-3/h46-47,51H,5-45H2,1-4H3. The summed E-state index contributed by atoms with van der Waals surface area (Å²) in [6, 6.07) is 0. The molecular weight excluding hydrogens is 683 g/mol. The summed E-state index contributed by atoms with van der Waals surface area (Å²) in [7, 11) is 0. The van der Waals surface area contributed by atoms with Crippen molar-refractivity contribution < 1.29 is 24.2 Å². The lowest BCUT2D eigenvalue weighted by Gasteiger charge is -2.25. The van der Waals surface area contributed by atoms with E-state index in [-0.39, 0.29) is 24.1 Å². The maximum Gasteiger partial charge on any atom is 0.306 e. The SMILES string of the molecule is CCCCCCCCCCCOC(=O)CCCCCN(CCCCCCCC(=O)OC(CCCCCCCC)CCCCCCCC)CC(O)CCCCC. The Morgan fingerprint density at radius 3 is 1.31 bits per heavy atom. The van der Waals surface area contributed by atoms with Gasteiger partial charge in [-0.1, -0.05) is 188 Å². The number of unbranched alkanes of at least 4 members (excludes halogenated alkanes) is 26. The van der Waals surface area contributed by atoms with E-state index in [1.165, 1.54) is 135 Å². The van der Waals surface area contributed by atoms with Crippen molar-refractivity contribution in [2.45, 2.75) is 277 Å². The number of ether oxygens (including phenoxy) is 2. The fraction of sp³-hybridized carbons (Fsp3) is 0.959. The highest BCUT2D eigenvalue weighted by Gasteiger charge is 2.15. The van der Waals surface area contributed by atoms with Gasteiger partial charge in [-0.2, -0.15) is 0 Å². The fourth-order valence-electron chi connectivity index (χ4n) is 7.71. The van der Waals surface area contributed by atoms with Crippen LogP contribution in [-0.4, -0.2) is 60.4 Å². The van der Waals surface area contributed by atoms with Crippen LogP contribution in [0.25, 0.3) is 0 Å². The second-order valence-corrected chi connectivity index (χ2v) is 17.1. The summed E-state index contributed by atoms with van der Waals surface area (Å²) in [6.07, 6.45) is 42.5. The Morgan fingerprint density at radius 1 is 0.436 bits per heavy atom. The Hall–Kier alpha value is -1.14. The van der Waals surface area contributed by atoms with Crippen LogP contribution in [0.1, 0.15) is 265 Å². The van der Waals surface area contributed by atoms with Crippen LogP contribution in [0.4, 0.5) is 0 Å². The van der Waals surface area contributed by atoms with E-state index < -0.39 is 0 Å². The van der Waals surface area contributed by atoms with Crippen LogP contribution in [0.5, 0.6) is 0 Å². The smallest absolute Gasteiger partial charge is 0.306 e. The zero-order valence-electron chi connectivity index (χ0n) is 37.7. The summed E-state index contributed by atoms with van der Waals surface area (Å²) in [6.45, 7) is 12.3. The Bertz CT molecular complexity index is 775. The highest BCUT2D eigenvalue weighted by molar-refractivity contribution is 5.69. The summed E-state index contributed by atoms with van der Waals surface area (Å²) in [5, 5.41) is 10.7. The zero-order valence-corrected chi connectivity index (χ0v) is 37.7. The van der Waals surface area contributed by atoms with Crippen LogP contribution < -0.4 is 0 Å². The van der Waals surface area contributed by atoms with Crippen molar-refractivity contribution in [3.05, 3.63) is 0 Å². The lowest BCUT2D eigenvalue weighted by molar-refractivity contribution is -0.150. The minimum Gasteiger partial charge on any atom is -0.466 e. The van der Waals surface area contributed by atoms with Gasteiger partial charge in [-0.15, -0.1) is 0 Å². The van der Waals surface area contributed by atoms with E-state index in [2.05, 4.69) is 32.6 Å². The number of aliphatic hydroxyl groups is 1. The van der Waals surface area contributed by atoms with Crippen molar-refractivity contribution in [1.29, 1.82) is 0 Å². The molecule has 0 aliphatic heterocycles. The number of carbonyl (C=O) groups excluding carboxylic acids is 2. The molecule has 0 aromatic rings. The van der Waals surface area contributed by atoms with Crippen LogP contribution in [0.3, 0.4) is 0 Å². The summed E-state index contributed by atoms with van der Waals surface area (Å²) < 4.78 is 11.6. The summed E-state index contributed by atoms with van der Waals surface area (Å²) in [5.41, 5.74) is 0. The minimum atomic E-state index is -0.264. The van der Waals surface area contributed by atoms with Crippen molar-refractivity contribution >= 4 is 11.9 Å². The molecular formula is C49H97NO5. The van der Waals surface area contributed by atoms with E-state index in [1.54, 1.807) is 0 Å². The van der Waals surface area contributed by atoms with E-state index in [9.17, 15) is 14.7 Å². The van der Waals surface area contributed by atoms with Crippen LogP contribution in [0.2, 0.25) is 0 Å². The largest absolute Gasteiger partial charge is 0.466 e. The van der Waals surface area contributed by atoms with E-state index >= 15 is 0 Å². The molecule has 0 aliphatic rings. The normalized spacial score (nSPS) is 12.2. The van der Waals surface area contributed by atoms with Crippen LogP contribution >= 0.6 is 0 Å². The molecule has 0 saturated heterocycles. The molecule has 1 unspecified atom stereocenters. The molecule has 0 aliphatic carbocycles. The highest BCUT2D eigenvalue weighted by atomic mass is 16.5. The van der Waals surface area contributed by atoms with Crippen molar-refractivity contribution in [1.82, 2.24) is 4.90 Å². The average Bonchev–Trinajstić information content (AvgIpc) is 3.17. The van der Waals surface area contributed by atoms with Gasteiger partial charge in [0.1, 0.15) is 6.10 Å². The quantitative estimate of drug-likeness (QED) is 0.0490. The molecule has 0 aromatic heterocycles. The van der Waals surface area contributed by atoms with Gasteiger partial charge < -0.3 is 19.5 Å². The third kappa shape index (κ3) is 40.8. The number of nitrogens with zero attached hydrogens (tertiary/aromatic N) is 1. The van der Waals surface area contributed by atoms with Gasteiger partial charge in [-0.05, 0) is 77.3 Å². The van der Waals surface area contributed by atoms with E-state index in [1.807, 2.05) is 0 Å². The first-order valence-corrected chi connectivity index (χ1v) is 24.7. The molecule has 328 valence electrons. The third-order valence-electron chi connectivity index (χ3n) is 11.4.